The predicted molar refractivity (Wildman–Crippen MR) is 73.0 cm³/mol. The Morgan fingerprint density at radius 3 is 2.80 bits per heavy atom. The number of rotatable bonds is 4. The van der Waals surface area contributed by atoms with Crippen LogP contribution in [0.2, 0.25) is 0 Å². The Morgan fingerprint density at radius 2 is 2.20 bits per heavy atom. The van der Waals surface area contributed by atoms with E-state index >= 15 is 0 Å². The number of nitrogens with one attached hydrogen (secondary N) is 1. The highest BCUT2D eigenvalue weighted by Crippen LogP contribution is 2.35. The van der Waals surface area contributed by atoms with Crippen LogP contribution in [0.3, 0.4) is 0 Å². The molecule has 0 aromatic carbocycles. The van der Waals surface area contributed by atoms with E-state index < -0.39 is 0 Å². The lowest BCUT2D eigenvalue weighted by molar-refractivity contribution is -0.131. The lowest BCUT2D eigenvalue weighted by Crippen LogP contribution is -2.37. The Hall–Kier alpha value is -1.43. The number of hydrogen-bond donors (Lipinski definition) is 1. The summed E-state index contributed by atoms with van der Waals surface area (Å²) in [7, 11) is 1.98. The molecule has 1 aliphatic carbocycles. The van der Waals surface area contributed by atoms with Gasteiger partial charge in [0.05, 0.1) is 6.54 Å². The zero-order valence-electron chi connectivity index (χ0n) is 12.1. The molecule has 1 N–H and O–H groups in total. The normalized spacial score (nSPS) is 26.5. The molecular formula is C14H22N4O2. The molecule has 1 saturated heterocycles. The fourth-order valence-electron chi connectivity index (χ4n) is 2.85. The number of ether oxygens (including phenoxy) is 1. The zero-order valence-corrected chi connectivity index (χ0v) is 12.1. The summed E-state index contributed by atoms with van der Waals surface area (Å²) in [6, 6.07) is 0. The first kappa shape index (κ1) is 13.5. The van der Waals surface area contributed by atoms with E-state index in [9.17, 15) is 4.79 Å². The lowest BCUT2D eigenvalue weighted by atomic mass is 9.85. The summed E-state index contributed by atoms with van der Waals surface area (Å²) in [4.78, 5) is 12.1. The van der Waals surface area contributed by atoms with Crippen LogP contribution in [0.4, 0.5) is 0 Å². The van der Waals surface area contributed by atoms with Gasteiger partial charge in [-0.25, -0.2) is 0 Å². The van der Waals surface area contributed by atoms with E-state index in [0.29, 0.717) is 25.0 Å². The van der Waals surface area contributed by atoms with Crippen LogP contribution in [0.25, 0.3) is 0 Å². The van der Waals surface area contributed by atoms with E-state index in [1.807, 2.05) is 18.5 Å². The fourth-order valence-corrected chi connectivity index (χ4v) is 2.85. The molecule has 0 radical (unpaired) electrons. The maximum atomic E-state index is 12.1. The van der Waals surface area contributed by atoms with E-state index in [4.69, 9.17) is 4.74 Å². The maximum absolute atomic E-state index is 12.1. The lowest BCUT2D eigenvalue weighted by Gasteiger charge is -2.24. The van der Waals surface area contributed by atoms with Gasteiger partial charge in [0.15, 0.2) is 5.82 Å². The van der Waals surface area contributed by atoms with Crippen LogP contribution in [0.15, 0.2) is 0 Å². The molecule has 0 spiro atoms. The van der Waals surface area contributed by atoms with Crippen molar-refractivity contribution in [2.24, 2.45) is 13.0 Å². The number of amides is 1. The van der Waals surface area contributed by atoms with Crippen molar-refractivity contribution in [2.45, 2.75) is 51.2 Å². The summed E-state index contributed by atoms with van der Waals surface area (Å²) >= 11 is 0. The number of aromatic nitrogens is 3. The van der Waals surface area contributed by atoms with Crippen LogP contribution in [0.5, 0.6) is 0 Å². The summed E-state index contributed by atoms with van der Waals surface area (Å²) in [6.45, 7) is 3.14. The summed E-state index contributed by atoms with van der Waals surface area (Å²) in [6.07, 6.45) is 4.32. The average molecular weight is 278 g/mol. The number of carbonyl (C=O) groups excluding carboxylic acids is 1. The predicted octanol–water partition coefficient (Wildman–Crippen LogP) is 1.12. The van der Waals surface area contributed by atoms with Crippen LogP contribution in [-0.4, -0.2) is 33.4 Å². The molecule has 1 amide bonds. The smallest absolute Gasteiger partial charge is 0.249 e. The van der Waals surface area contributed by atoms with Crippen molar-refractivity contribution in [3.8, 4) is 0 Å². The van der Waals surface area contributed by atoms with Crippen molar-refractivity contribution in [1.82, 2.24) is 20.1 Å². The number of nitrogens with zero attached hydrogens (tertiary/aromatic N) is 3. The Labute approximate surface area is 118 Å². The minimum Gasteiger partial charge on any atom is -0.368 e. The third-order valence-corrected chi connectivity index (χ3v) is 4.54. The van der Waals surface area contributed by atoms with Crippen molar-refractivity contribution < 1.29 is 9.53 Å². The molecule has 1 aromatic rings. The first-order valence-electron chi connectivity index (χ1n) is 7.44. The van der Waals surface area contributed by atoms with E-state index in [1.54, 1.807) is 0 Å². The molecule has 6 heteroatoms. The van der Waals surface area contributed by atoms with Gasteiger partial charge in [-0.2, -0.15) is 0 Å². The molecule has 1 saturated carbocycles. The monoisotopic (exact) mass is 278 g/mol. The average Bonchev–Trinajstić information content (AvgIpc) is 2.93. The topological polar surface area (TPSA) is 69.0 Å². The van der Waals surface area contributed by atoms with Crippen LogP contribution >= 0.6 is 0 Å². The molecule has 2 heterocycles. The molecule has 1 aromatic heterocycles. The van der Waals surface area contributed by atoms with Gasteiger partial charge in [-0.15, -0.1) is 10.2 Å². The number of hydrogen-bond acceptors (Lipinski definition) is 4. The summed E-state index contributed by atoms with van der Waals surface area (Å²) in [5.74, 6) is 2.66. The highest BCUT2D eigenvalue weighted by molar-refractivity contribution is 5.81. The van der Waals surface area contributed by atoms with E-state index in [0.717, 1.165) is 18.1 Å². The van der Waals surface area contributed by atoms with Crippen LogP contribution in [0, 0.1) is 5.92 Å². The zero-order chi connectivity index (χ0) is 14.1. The van der Waals surface area contributed by atoms with Gasteiger partial charge in [0, 0.05) is 19.6 Å². The minimum atomic E-state index is -0.311. The van der Waals surface area contributed by atoms with Crippen LogP contribution in [-0.2, 0) is 23.1 Å². The van der Waals surface area contributed by atoms with E-state index in [2.05, 4.69) is 15.5 Å². The Morgan fingerprint density at radius 1 is 1.40 bits per heavy atom. The fraction of sp³-hybridized carbons (Fsp3) is 0.786. The summed E-state index contributed by atoms with van der Waals surface area (Å²) < 4.78 is 7.48. The molecule has 6 nitrogen and oxygen atoms in total. The second kappa shape index (κ2) is 5.52. The highest BCUT2D eigenvalue weighted by atomic mass is 16.5. The van der Waals surface area contributed by atoms with Crippen molar-refractivity contribution >= 4 is 5.91 Å². The Kier molecular flexibility index (Phi) is 3.74. The molecule has 110 valence electrons. The van der Waals surface area contributed by atoms with E-state index in [1.165, 1.54) is 19.3 Å². The first-order chi connectivity index (χ1) is 9.66. The second-order valence-electron chi connectivity index (χ2n) is 5.94. The quantitative estimate of drug-likeness (QED) is 0.896. The Balaban J connectivity index is 1.58. The SMILES string of the molecule is C[C@H]1CCO[C@@H]1C(=O)NCc1nnc(C2CCC2)n1C. The molecule has 0 unspecified atom stereocenters. The van der Waals surface area contributed by atoms with Gasteiger partial charge in [-0.05, 0) is 25.2 Å². The van der Waals surface area contributed by atoms with Crippen molar-refractivity contribution in [1.29, 1.82) is 0 Å². The van der Waals surface area contributed by atoms with Gasteiger partial charge < -0.3 is 14.6 Å². The first-order valence-corrected chi connectivity index (χ1v) is 7.44. The summed E-state index contributed by atoms with van der Waals surface area (Å²) in [5, 5.41) is 11.4. The van der Waals surface area contributed by atoms with Crippen LogP contribution in [0.1, 0.15) is 50.2 Å². The van der Waals surface area contributed by atoms with Gasteiger partial charge in [-0.1, -0.05) is 13.3 Å². The third kappa shape index (κ3) is 2.44. The standard InChI is InChI=1S/C14H22N4O2/c1-9-6-7-20-12(9)14(19)15-8-11-16-17-13(18(11)2)10-4-3-5-10/h9-10,12H,3-8H2,1-2H3,(H,15,19)/t9-,12-/m0/s1. The molecule has 2 fully saturated rings. The van der Waals surface area contributed by atoms with Gasteiger partial charge in [0.2, 0.25) is 5.91 Å². The maximum Gasteiger partial charge on any atom is 0.249 e. The van der Waals surface area contributed by atoms with Crippen molar-refractivity contribution in [3.05, 3.63) is 11.6 Å². The van der Waals surface area contributed by atoms with Crippen LogP contribution < -0.4 is 5.32 Å². The van der Waals surface area contributed by atoms with Gasteiger partial charge in [0.25, 0.3) is 0 Å². The van der Waals surface area contributed by atoms with Gasteiger partial charge in [0.1, 0.15) is 11.9 Å². The third-order valence-electron chi connectivity index (χ3n) is 4.54. The molecular weight excluding hydrogens is 256 g/mol. The molecule has 2 atom stereocenters. The van der Waals surface area contributed by atoms with Gasteiger partial charge in [-0.3, -0.25) is 4.79 Å². The van der Waals surface area contributed by atoms with E-state index in [-0.39, 0.29) is 12.0 Å². The highest BCUT2D eigenvalue weighted by Gasteiger charge is 2.31. The van der Waals surface area contributed by atoms with Gasteiger partial charge >= 0.3 is 0 Å². The largest absolute Gasteiger partial charge is 0.368 e. The molecule has 3 rings (SSSR count). The molecule has 2 aliphatic rings. The minimum absolute atomic E-state index is 0.0387. The second-order valence-corrected chi connectivity index (χ2v) is 5.94. The Bertz CT molecular complexity index is 495. The number of carbonyl (C=O) groups is 1. The molecule has 1 aliphatic heterocycles. The van der Waals surface area contributed by atoms with Crippen molar-refractivity contribution in [3.63, 3.8) is 0 Å². The molecule has 0 bridgehead atoms. The summed E-state index contributed by atoms with van der Waals surface area (Å²) in [5.41, 5.74) is 0. The molecule has 20 heavy (non-hydrogen) atoms. The van der Waals surface area contributed by atoms with Crippen molar-refractivity contribution in [2.75, 3.05) is 6.61 Å².